The topological polar surface area (TPSA) is 80.9 Å². The van der Waals surface area contributed by atoms with Gasteiger partial charge in [-0.3, -0.25) is 4.79 Å². The largest absolute Gasteiger partial charge is 0.349 e. The van der Waals surface area contributed by atoms with Crippen molar-refractivity contribution in [3.05, 3.63) is 24.3 Å². The van der Waals surface area contributed by atoms with Gasteiger partial charge in [-0.15, -0.1) is 0 Å². The standard InChI is InChI=1S/C8H12N4O/c1-6(9)8(13)11-4-7-2-3-10-5-12-7/h2-3,5-6H,4,9H2,1H3,(H,11,13). The van der Waals surface area contributed by atoms with E-state index in [1.807, 2.05) is 0 Å². The van der Waals surface area contributed by atoms with Gasteiger partial charge in [0.1, 0.15) is 6.33 Å². The van der Waals surface area contributed by atoms with Crippen molar-refractivity contribution in [2.24, 2.45) is 5.73 Å². The number of aromatic nitrogens is 2. The summed E-state index contributed by atoms with van der Waals surface area (Å²) in [6.07, 6.45) is 3.06. The molecule has 1 unspecified atom stereocenters. The van der Waals surface area contributed by atoms with Gasteiger partial charge < -0.3 is 11.1 Å². The number of nitrogens with one attached hydrogen (secondary N) is 1. The van der Waals surface area contributed by atoms with Crippen molar-refractivity contribution in [1.29, 1.82) is 0 Å². The molecular formula is C8H12N4O. The highest BCUT2D eigenvalue weighted by Crippen LogP contribution is 1.89. The maximum Gasteiger partial charge on any atom is 0.236 e. The Labute approximate surface area is 76.4 Å². The zero-order valence-electron chi connectivity index (χ0n) is 7.40. The van der Waals surface area contributed by atoms with Crippen LogP contribution in [0.25, 0.3) is 0 Å². The normalized spacial score (nSPS) is 12.2. The Kier molecular flexibility index (Phi) is 3.33. The third-order valence-corrected chi connectivity index (χ3v) is 1.50. The van der Waals surface area contributed by atoms with Crippen molar-refractivity contribution < 1.29 is 4.79 Å². The number of rotatable bonds is 3. The molecule has 13 heavy (non-hydrogen) atoms. The van der Waals surface area contributed by atoms with Crippen molar-refractivity contribution in [2.75, 3.05) is 0 Å². The van der Waals surface area contributed by atoms with Gasteiger partial charge in [-0.2, -0.15) is 0 Å². The second kappa shape index (κ2) is 4.51. The molecule has 0 aliphatic rings. The third kappa shape index (κ3) is 3.16. The molecule has 5 nitrogen and oxygen atoms in total. The fourth-order valence-corrected chi connectivity index (χ4v) is 0.761. The first-order valence-corrected chi connectivity index (χ1v) is 3.98. The molecule has 0 aromatic carbocycles. The van der Waals surface area contributed by atoms with E-state index in [-0.39, 0.29) is 5.91 Å². The summed E-state index contributed by atoms with van der Waals surface area (Å²) in [7, 11) is 0. The minimum absolute atomic E-state index is 0.182. The smallest absolute Gasteiger partial charge is 0.236 e. The Morgan fingerprint density at radius 3 is 3.08 bits per heavy atom. The lowest BCUT2D eigenvalue weighted by Crippen LogP contribution is -2.37. The van der Waals surface area contributed by atoms with Crippen LogP contribution in [-0.2, 0) is 11.3 Å². The summed E-state index contributed by atoms with van der Waals surface area (Å²) in [5.74, 6) is -0.182. The number of hydrogen-bond acceptors (Lipinski definition) is 4. The molecular weight excluding hydrogens is 168 g/mol. The Morgan fingerprint density at radius 1 is 1.77 bits per heavy atom. The molecule has 0 saturated heterocycles. The van der Waals surface area contributed by atoms with Crippen LogP contribution in [0.5, 0.6) is 0 Å². The molecule has 0 bridgehead atoms. The summed E-state index contributed by atoms with van der Waals surface area (Å²) < 4.78 is 0. The van der Waals surface area contributed by atoms with Gasteiger partial charge in [0, 0.05) is 6.20 Å². The van der Waals surface area contributed by atoms with Gasteiger partial charge in [0.05, 0.1) is 18.3 Å². The number of carbonyl (C=O) groups excluding carboxylic acids is 1. The summed E-state index contributed by atoms with van der Waals surface area (Å²) in [5.41, 5.74) is 6.12. The molecule has 1 atom stereocenters. The molecule has 5 heteroatoms. The van der Waals surface area contributed by atoms with E-state index in [2.05, 4.69) is 15.3 Å². The molecule has 1 amide bonds. The lowest BCUT2D eigenvalue weighted by molar-refractivity contribution is -0.122. The van der Waals surface area contributed by atoms with Crippen LogP contribution in [0, 0.1) is 0 Å². The molecule has 0 aliphatic carbocycles. The van der Waals surface area contributed by atoms with E-state index in [0.29, 0.717) is 6.54 Å². The van der Waals surface area contributed by atoms with Crippen molar-refractivity contribution in [2.45, 2.75) is 19.5 Å². The van der Waals surface area contributed by atoms with E-state index in [1.165, 1.54) is 6.33 Å². The van der Waals surface area contributed by atoms with E-state index in [1.54, 1.807) is 19.2 Å². The molecule has 3 N–H and O–H groups in total. The average Bonchev–Trinajstić information content (AvgIpc) is 2.15. The average molecular weight is 180 g/mol. The van der Waals surface area contributed by atoms with Crippen LogP contribution in [0.4, 0.5) is 0 Å². The fourth-order valence-electron chi connectivity index (χ4n) is 0.761. The van der Waals surface area contributed by atoms with Gasteiger partial charge in [0.15, 0.2) is 0 Å². The highest BCUT2D eigenvalue weighted by Gasteiger charge is 2.05. The zero-order chi connectivity index (χ0) is 9.68. The minimum Gasteiger partial charge on any atom is -0.349 e. The monoisotopic (exact) mass is 180 g/mol. The maximum atomic E-state index is 11.0. The molecule has 1 aromatic heterocycles. The van der Waals surface area contributed by atoms with Gasteiger partial charge >= 0.3 is 0 Å². The summed E-state index contributed by atoms with van der Waals surface area (Å²) in [6, 6.07) is 1.25. The molecule has 70 valence electrons. The fraction of sp³-hybridized carbons (Fsp3) is 0.375. The zero-order valence-corrected chi connectivity index (χ0v) is 7.40. The van der Waals surface area contributed by atoms with E-state index in [9.17, 15) is 4.79 Å². The van der Waals surface area contributed by atoms with Crippen molar-refractivity contribution >= 4 is 5.91 Å². The van der Waals surface area contributed by atoms with E-state index in [4.69, 9.17) is 5.73 Å². The molecule has 0 radical (unpaired) electrons. The molecule has 0 aliphatic heterocycles. The maximum absolute atomic E-state index is 11.0. The Morgan fingerprint density at radius 2 is 2.54 bits per heavy atom. The Bertz CT molecular complexity index is 273. The molecule has 1 heterocycles. The van der Waals surface area contributed by atoms with Crippen molar-refractivity contribution in [3.8, 4) is 0 Å². The van der Waals surface area contributed by atoms with Crippen LogP contribution in [0.1, 0.15) is 12.6 Å². The summed E-state index contributed by atoms with van der Waals surface area (Å²) in [5, 5.41) is 2.64. The van der Waals surface area contributed by atoms with Crippen LogP contribution < -0.4 is 11.1 Å². The predicted octanol–water partition coefficient (Wildman–Crippen LogP) is -0.560. The number of amides is 1. The van der Waals surface area contributed by atoms with Gasteiger partial charge in [0.2, 0.25) is 5.91 Å². The van der Waals surface area contributed by atoms with Crippen LogP contribution in [0.3, 0.4) is 0 Å². The van der Waals surface area contributed by atoms with Crippen LogP contribution in [0.15, 0.2) is 18.6 Å². The lowest BCUT2D eigenvalue weighted by Gasteiger charge is -2.06. The summed E-state index contributed by atoms with van der Waals surface area (Å²) >= 11 is 0. The SMILES string of the molecule is CC(N)C(=O)NCc1ccncn1. The van der Waals surface area contributed by atoms with Gasteiger partial charge in [-0.05, 0) is 13.0 Å². The summed E-state index contributed by atoms with van der Waals surface area (Å²) in [4.78, 5) is 18.7. The molecule has 1 rings (SSSR count). The molecule has 0 spiro atoms. The highest BCUT2D eigenvalue weighted by atomic mass is 16.2. The molecule has 0 fully saturated rings. The quantitative estimate of drug-likeness (QED) is 0.653. The molecule has 0 saturated carbocycles. The second-order valence-electron chi connectivity index (χ2n) is 2.71. The van der Waals surface area contributed by atoms with Crippen LogP contribution in [-0.4, -0.2) is 21.9 Å². The van der Waals surface area contributed by atoms with Crippen molar-refractivity contribution in [1.82, 2.24) is 15.3 Å². The Hall–Kier alpha value is -1.49. The number of nitrogens with zero attached hydrogens (tertiary/aromatic N) is 2. The third-order valence-electron chi connectivity index (χ3n) is 1.50. The van der Waals surface area contributed by atoms with Crippen LogP contribution >= 0.6 is 0 Å². The van der Waals surface area contributed by atoms with E-state index >= 15 is 0 Å². The lowest BCUT2D eigenvalue weighted by atomic mass is 10.3. The van der Waals surface area contributed by atoms with Gasteiger partial charge in [0.25, 0.3) is 0 Å². The van der Waals surface area contributed by atoms with Gasteiger partial charge in [-0.1, -0.05) is 0 Å². The highest BCUT2D eigenvalue weighted by molar-refractivity contribution is 5.80. The first-order valence-electron chi connectivity index (χ1n) is 3.98. The number of nitrogens with two attached hydrogens (primary N) is 1. The number of hydrogen-bond donors (Lipinski definition) is 2. The van der Waals surface area contributed by atoms with Crippen molar-refractivity contribution in [3.63, 3.8) is 0 Å². The van der Waals surface area contributed by atoms with E-state index in [0.717, 1.165) is 5.69 Å². The first kappa shape index (κ1) is 9.60. The van der Waals surface area contributed by atoms with Gasteiger partial charge in [-0.25, -0.2) is 9.97 Å². The number of carbonyl (C=O) groups is 1. The predicted molar refractivity (Wildman–Crippen MR) is 47.5 cm³/mol. The second-order valence-corrected chi connectivity index (χ2v) is 2.71. The summed E-state index contributed by atoms with van der Waals surface area (Å²) in [6.45, 7) is 2.03. The van der Waals surface area contributed by atoms with E-state index < -0.39 is 6.04 Å². The first-order chi connectivity index (χ1) is 6.20. The Balaban J connectivity index is 2.40. The van der Waals surface area contributed by atoms with Crippen LogP contribution in [0.2, 0.25) is 0 Å². The minimum atomic E-state index is -0.484. The molecule has 1 aromatic rings.